The number of hydrogen-bond acceptors (Lipinski definition) is 6. The number of fused-ring (bicyclic) bond motifs is 3. The maximum absolute atomic E-state index is 14.1. The molecular formula is C30H30BrClF2N2O4. The quantitative estimate of drug-likeness (QED) is 0.337. The maximum Gasteiger partial charge on any atom is 0.250 e. The van der Waals surface area contributed by atoms with Gasteiger partial charge in [-0.3, -0.25) is 0 Å². The van der Waals surface area contributed by atoms with E-state index in [4.69, 9.17) is 21.1 Å². The molecule has 0 amide bonds. The maximum atomic E-state index is 14.1. The standard InChI is InChI=1S/C30H30BrClF2N2O4/c1-39-27-26-23(15-24(32)35-27)40-30(19-7-9-20(31)10-8-19)25(18-5-3-2-4-6-18)21(17-37)22(29(26,30)38)16-36-13-11-28(33,34)12-14-36/h2-10,15,21-22,25,37-38H,11-14,16-17H2,1H3/t21-,22-,25+,29+,30-/m0/s1. The Kier molecular flexibility index (Phi) is 7.11. The van der Waals surface area contributed by atoms with E-state index in [0.717, 1.165) is 10.0 Å². The second-order valence-electron chi connectivity index (χ2n) is 10.9. The third kappa shape index (κ3) is 4.16. The van der Waals surface area contributed by atoms with Gasteiger partial charge in [0.05, 0.1) is 12.7 Å². The van der Waals surface area contributed by atoms with Crippen LogP contribution in [0.2, 0.25) is 5.15 Å². The first-order chi connectivity index (χ1) is 19.1. The van der Waals surface area contributed by atoms with Crippen molar-refractivity contribution < 1.29 is 28.5 Å². The van der Waals surface area contributed by atoms with Gasteiger partial charge in [-0.2, -0.15) is 0 Å². The summed E-state index contributed by atoms with van der Waals surface area (Å²) in [5.74, 6) is -3.88. The molecule has 2 fully saturated rings. The van der Waals surface area contributed by atoms with Gasteiger partial charge >= 0.3 is 0 Å². The van der Waals surface area contributed by atoms with Gasteiger partial charge in [-0.1, -0.05) is 70.0 Å². The Morgan fingerprint density at radius 2 is 1.80 bits per heavy atom. The molecule has 40 heavy (non-hydrogen) atoms. The fourth-order valence-electron chi connectivity index (χ4n) is 7.23. The number of methoxy groups -OCH3 is 1. The van der Waals surface area contributed by atoms with Crippen LogP contribution in [-0.4, -0.2) is 59.4 Å². The van der Waals surface area contributed by atoms with E-state index in [9.17, 15) is 19.0 Å². The number of aliphatic hydroxyl groups excluding tert-OH is 1. The zero-order valence-electron chi connectivity index (χ0n) is 21.9. The number of aliphatic hydroxyl groups is 2. The highest BCUT2D eigenvalue weighted by Gasteiger charge is 2.76. The molecule has 6 rings (SSSR count). The first kappa shape index (κ1) is 27.8. The van der Waals surface area contributed by atoms with E-state index in [1.54, 1.807) is 6.07 Å². The second kappa shape index (κ2) is 10.2. The second-order valence-corrected chi connectivity index (χ2v) is 12.2. The van der Waals surface area contributed by atoms with E-state index >= 15 is 0 Å². The summed E-state index contributed by atoms with van der Waals surface area (Å²) >= 11 is 9.88. The van der Waals surface area contributed by atoms with Crippen molar-refractivity contribution in [1.82, 2.24) is 9.88 Å². The summed E-state index contributed by atoms with van der Waals surface area (Å²) in [7, 11) is 1.46. The molecule has 2 N–H and O–H groups in total. The van der Waals surface area contributed by atoms with E-state index in [1.807, 2.05) is 59.5 Å². The van der Waals surface area contributed by atoms with Gasteiger partial charge in [0.15, 0.2) is 5.60 Å². The molecule has 212 valence electrons. The minimum atomic E-state index is -2.71. The van der Waals surface area contributed by atoms with Crippen molar-refractivity contribution in [2.75, 3.05) is 33.4 Å². The lowest BCUT2D eigenvalue weighted by Gasteiger charge is -2.43. The van der Waals surface area contributed by atoms with Crippen molar-refractivity contribution in [2.24, 2.45) is 11.8 Å². The van der Waals surface area contributed by atoms with Gasteiger partial charge in [0, 0.05) is 67.4 Å². The van der Waals surface area contributed by atoms with Gasteiger partial charge < -0.3 is 24.6 Å². The molecule has 1 aliphatic carbocycles. The van der Waals surface area contributed by atoms with Crippen LogP contribution in [0, 0.1) is 11.8 Å². The highest BCUT2D eigenvalue weighted by Crippen LogP contribution is 2.72. The smallest absolute Gasteiger partial charge is 0.250 e. The van der Waals surface area contributed by atoms with Crippen LogP contribution in [0.1, 0.15) is 35.4 Å². The monoisotopic (exact) mass is 634 g/mol. The van der Waals surface area contributed by atoms with Crippen molar-refractivity contribution in [3.05, 3.63) is 87.0 Å². The molecule has 6 nitrogen and oxygen atoms in total. The van der Waals surface area contributed by atoms with Gasteiger partial charge in [0.1, 0.15) is 16.5 Å². The Balaban J connectivity index is 1.61. The molecule has 3 aliphatic rings. The highest BCUT2D eigenvalue weighted by molar-refractivity contribution is 9.10. The van der Waals surface area contributed by atoms with E-state index in [-0.39, 0.29) is 50.1 Å². The number of benzene rings is 2. The molecule has 3 heterocycles. The van der Waals surface area contributed by atoms with Crippen LogP contribution in [0.25, 0.3) is 0 Å². The minimum absolute atomic E-state index is 0.129. The van der Waals surface area contributed by atoms with Crippen LogP contribution in [0.3, 0.4) is 0 Å². The Hall–Kier alpha value is -2.30. The number of ether oxygens (including phenoxy) is 2. The van der Waals surface area contributed by atoms with E-state index < -0.39 is 34.9 Å². The van der Waals surface area contributed by atoms with E-state index in [1.165, 1.54) is 7.11 Å². The largest absolute Gasteiger partial charge is 0.481 e. The zero-order chi connectivity index (χ0) is 28.3. The number of likely N-dealkylation sites (tertiary alicyclic amines) is 1. The van der Waals surface area contributed by atoms with Crippen molar-refractivity contribution in [2.45, 2.75) is 35.9 Å². The van der Waals surface area contributed by atoms with Crippen molar-refractivity contribution in [1.29, 1.82) is 0 Å². The first-order valence-electron chi connectivity index (χ1n) is 13.3. The van der Waals surface area contributed by atoms with Gasteiger partial charge in [0.2, 0.25) is 5.88 Å². The molecule has 2 aromatic carbocycles. The number of piperidine rings is 1. The summed E-state index contributed by atoms with van der Waals surface area (Å²) in [6.07, 6.45) is -0.509. The Morgan fingerprint density at radius 3 is 2.42 bits per heavy atom. The number of aromatic nitrogens is 1. The minimum Gasteiger partial charge on any atom is -0.481 e. The molecule has 1 aromatic heterocycles. The van der Waals surface area contributed by atoms with E-state index in [0.29, 0.717) is 16.9 Å². The fraction of sp³-hybridized carbons (Fsp3) is 0.433. The van der Waals surface area contributed by atoms with Crippen LogP contribution < -0.4 is 9.47 Å². The van der Waals surface area contributed by atoms with Crippen LogP contribution in [0.4, 0.5) is 8.78 Å². The van der Waals surface area contributed by atoms with Crippen LogP contribution >= 0.6 is 27.5 Å². The van der Waals surface area contributed by atoms with Crippen molar-refractivity contribution in [3.8, 4) is 11.6 Å². The molecule has 0 unspecified atom stereocenters. The molecule has 10 heteroatoms. The van der Waals surface area contributed by atoms with Crippen LogP contribution in [-0.2, 0) is 11.2 Å². The van der Waals surface area contributed by atoms with Gasteiger partial charge in [0.25, 0.3) is 5.92 Å². The Bertz CT molecular complexity index is 1390. The van der Waals surface area contributed by atoms with Crippen molar-refractivity contribution >= 4 is 27.5 Å². The topological polar surface area (TPSA) is 75.1 Å². The molecule has 1 saturated carbocycles. The summed E-state index contributed by atoms with van der Waals surface area (Å²) in [6, 6.07) is 18.8. The average Bonchev–Trinajstić information content (AvgIpc) is 3.32. The van der Waals surface area contributed by atoms with Gasteiger partial charge in [-0.15, -0.1) is 0 Å². The SMILES string of the molecule is COc1nc(Cl)cc2c1[C@]1(O)[C@@H](CN3CCC(F)(F)CC3)[C@H](CO)[C@@H](c3ccccc3)[C@]1(c1ccc(Br)cc1)O2. The lowest BCUT2D eigenvalue weighted by Crippen LogP contribution is -2.53. The lowest BCUT2D eigenvalue weighted by atomic mass is 9.70. The number of rotatable bonds is 6. The highest BCUT2D eigenvalue weighted by atomic mass is 79.9. The fourth-order valence-corrected chi connectivity index (χ4v) is 7.67. The van der Waals surface area contributed by atoms with E-state index in [2.05, 4.69) is 20.9 Å². The number of halogens is 4. The molecule has 5 atom stereocenters. The summed E-state index contributed by atoms with van der Waals surface area (Å²) in [4.78, 5) is 6.33. The molecular weight excluding hydrogens is 606 g/mol. The van der Waals surface area contributed by atoms with Gasteiger partial charge in [-0.05, 0) is 23.3 Å². The first-order valence-corrected chi connectivity index (χ1v) is 14.5. The van der Waals surface area contributed by atoms with Crippen LogP contribution in [0.5, 0.6) is 11.6 Å². The van der Waals surface area contributed by atoms with Crippen LogP contribution in [0.15, 0.2) is 65.1 Å². The molecule has 1 saturated heterocycles. The molecule has 2 aliphatic heterocycles. The number of nitrogens with zero attached hydrogens (tertiary/aromatic N) is 2. The molecule has 0 radical (unpaired) electrons. The van der Waals surface area contributed by atoms with Gasteiger partial charge in [-0.25, -0.2) is 13.8 Å². The summed E-state index contributed by atoms with van der Waals surface area (Å²) in [5, 5.41) is 24.4. The number of pyridine rings is 1. The third-order valence-corrected chi connectivity index (χ3v) is 9.66. The predicted molar refractivity (Wildman–Crippen MR) is 150 cm³/mol. The molecule has 0 bridgehead atoms. The summed E-state index contributed by atoms with van der Waals surface area (Å²) in [5.41, 5.74) is -1.23. The summed E-state index contributed by atoms with van der Waals surface area (Å²) in [6.45, 7) is 0.385. The lowest BCUT2D eigenvalue weighted by molar-refractivity contribution is -0.136. The normalized spacial score (nSPS) is 30.9. The number of alkyl halides is 2. The Morgan fingerprint density at radius 1 is 1.12 bits per heavy atom. The summed E-state index contributed by atoms with van der Waals surface area (Å²) < 4.78 is 41.6. The predicted octanol–water partition coefficient (Wildman–Crippen LogP) is 5.73. The average molecular weight is 636 g/mol. The number of hydrogen-bond donors (Lipinski definition) is 2. The third-order valence-electron chi connectivity index (χ3n) is 8.94. The molecule has 0 spiro atoms. The Labute approximate surface area is 245 Å². The molecule has 3 aromatic rings. The zero-order valence-corrected chi connectivity index (χ0v) is 24.2. The van der Waals surface area contributed by atoms with Crippen molar-refractivity contribution in [3.63, 3.8) is 0 Å².